The molecule has 0 aliphatic rings. The lowest BCUT2D eigenvalue weighted by atomic mass is 10.2. The van der Waals surface area contributed by atoms with Gasteiger partial charge in [-0.25, -0.2) is 0 Å². The molecule has 11 heteroatoms. The van der Waals surface area contributed by atoms with Crippen LogP contribution in [0.25, 0.3) is 5.69 Å². The fourth-order valence-electron chi connectivity index (χ4n) is 2.21. The number of hydrogen-bond acceptors (Lipinski definition) is 5. The number of halogens is 4. The third kappa shape index (κ3) is 4.57. The van der Waals surface area contributed by atoms with E-state index >= 15 is 0 Å². The highest BCUT2D eigenvalue weighted by Gasteiger charge is 2.31. The summed E-state index contributed by atoms with van der Waals surface area (Å²) in [6.07, 6.45) is -4.57. The number of carbonyl (C=O) groups excluding carboxylic acids is 1. The van der Waals surface area contributed by atoms with E-state index in [1.54, 1.807) is 30.3 Å². The van der Waals surface area contributed by atoms with Crippen molar-refractivity contribution < 1.29 is 32.3 Å². The number of benzene rings is 2. The topological polar surface area (TPSA) is 82.1 Å². The van der Waals surface area contributed by atoms with E-state index in [0.29, 0.717) is 5.69 Å². The van der Waals surface area contributed by atoms with Crippen LogP contribution in [0.2, 0.25) is 5.02 Å². The molecule has 0 unspecified atom stereocenters. The number of thioether (sulfide) groups is 1. The van der Waals surface area contributed by atoms with Crippen LogP contribution in [0.15, 0.2) is 58.1 Å². The molecule has 1 N–H and O–H groups in total. The molecule has 1 amide bonds. The standard InChI is InChI=1S/C17H11ClF3N3O3S/c18-12-7-6-10(17(19,20)21)8-13(12)22-14(25)9-28-15-16(26)27-23-24(15)11-4-2-1-3-5-11/h1-8H,9H2,(H-,22,23,25,26). The number of carbonyl (C=O) groups is 1. The SMILES string of the molecule is O=C(CSc1c([O-])on[n+]1-c1ccccc1)Nc1cc(C(F)(F)F)ccc1Cl. The molecule has 0 aliphatic heterocycles. The average Bonchev–Trinajstić information content (AvgIpc) is 3.02. The molecule has 6 nitrogen and oxygen atoms in total. The van der Waals surface area contributed by atoms with Crippen LogP contribution in [0.4, 0.5) is 18.9 Å². The summed E-state index contributed by atoms with van der Waals surface area (Å²) in [6.45, 7) is 0. The van der Waals surface area contributed by atoms with Gasteiger partial charge >= 0.3 is 6.18 Å². The molecule has 1 aromatic heterocycles. The van der Waals surface area contributed by atoms with Crippen LogP contribution in [0.5, 0.6) is 5.95 Å². The van der Waals surface area contributed by atoms with Gasteiger partial charge in [-0.15, -0.1) is 0 Å². The van der Waals surface area contributed by atoms with Crippen molar-refractivity contribution in [2.45, 2.75) is 11.2 Å². The summed E-state index contributed by atoms with van der Waals surface area (Å²) in [5.74, 6) is -1.65. The number of hydrogen-bond donors (Lipinski definition) is 1. The molecule has 146 valence electrons. The van der Waals surface area contributed by atoms with Crippen molar-refractivity contribution in [1.29, 1.82) is 0 Å². The molecule has 0 atom stereocenters. The summed E-state index contributed by atoms with van der Waals surface area (Å²) < 4.78 is 44.3. The van der Waals surface area contributed by atoms with Crippen molar-refractivity contribution in [3.63, 3.8) is 0 Å². The van der Waals surface area contributed by atoms with Gasteiger partial charge in [0.05, 0.1) is 27.3 Å². The zero-order valence-corrected chi connectivity index (χ0v) is 15.4. The van der Waals surface area contributed by atoms with Gasteiger partial charge in [0.1, 0.15) is 0 Å². The van der Waals surface area contributed by atoms with Gasteiger partial charge in [-0.1, -0.05) is 29.8 Å². The number of alkyl halides is 3. The molecule has 3 rings (SSSR count). The van der Waals surface area contributed by atoms with Crippen molar-refractivity contribution in [3.05, 3.63) is 59.1 Å². The molecule has 0 bridgehead atoms. The predicted molar refractivity (Wildman–Crippen MR) is 93.3 cm³/mol. The minimum absolute atomic E-state index is 0.0415. The van der Waals surface area contributed by atoms with E-state index in [0.717, 1.165) is 30.0 Å². The van der Waals surface area contributed by atoms with Crippen LogP contribution in [-0.4, -0.2) is 16.9 Å². The maximum atomic E-state index is 12.8. The third-order valence-electron chi connectivity index (χ3n) is 3.48. The maximum Gasteiger partial charge on any atom is 0.416 e. The van der Waals surface area contributed by atoms with Gasteiger partial charge in [0, 0.05) is 12.1 Å². The van der Waals surface area contributed by atoms with Crippen LogP contribution in [-0.2, 0) is 11.0 Å². The Hall–Kier alpha value is -2.72. The molecule has 0 spiro atoms. The summed E-state index contributed by atoms with van der Waals surface area (Å²) in [6, 6.07) is 11.2. The lowest BCUT2D eigenvalue weighted by Crippen LogP contribution is -2.35. The quantitative estimate of drug-likeness (QED) is 0.496. The van der Waals surface area contributed by atoms with Crippen LogP contribution < -0.4 is 15.1 Å². The van der Waals surface area contributed by atoms with E-state index in [9.17, 15) is 23.1 Å². The smallest absolute Gasteiger partial charge is 0.416 e. The normalized spacial score (nSPS) is 11.4. The molecule has 0 fully saturated rings. The predicted octanol–water partition coefficient (Wildman–Crippen LogP) is 3.43. The van der Waals surface area contributed by atoms with Crippen molar-refractivity contribution >= 4 is 35.0 Å². The molecule has 2 aromatic carbocycles. The number of rotatable bonds is 5. The number of anilines is 1. The Bertz CT molecular complexity index is 996. The molecule has 28 heavy (non-hydrogen) atoms. The number of nitrogens with zero attached hydrogens (tertiary/aromatic N) is 2. The lowest BCUT2D eigenvalue weighted by Gasteiger charge is -2.11. The van der Waals surface area contributed by atoms with Crippen molar-refractivity contribution in [2.75, 3.05) is 11.1 Å². The second-order valence-corrected chi connectivity index (χ2v) is 6.81. The highest BCUT2D eigenvalue weighted by molar-refractivity contribution is 7.99. The van der Waals surface area contributed by atoms with Gasteiger partial charge in [0.15, 0.2) is 5.95 Å². The average molecular weight is 430 g/mol. The van der Waals surface area contributed by atoms with Crippen molar-refractivity contribution in [1.82, 2.24) is 5.27 Å². The first-order valence-electron chi connectivity index (χ1n) is 7.69. The molecule has 0 saturated carbocycles. The Labute approximate surface area is 165 Å². The lowest BCUT2D eigenvalue weighted by molar-refractivity contribution is -0.705. The molecular weight excluding hydrogens is 419 g/mol. The summed E-state index contributed by atoms with van der Waals surface area (Å²) in [5.41, 5.74) is -0.564. The van der Waals surface area contributed by atoms with Gasteiger partial charge in [-0.3, -0.25) is 4.79 Å². The molecule has 1 heterocycles. The van der Waals surface area contributed by atoms with E-state index in [1.165, 1.54) is 4.68 Å². The third-order valence-corrected chi connectivity index (χ3v) is 4.83. The zero-order chi connectivity index (χ0) is 20.3. The summed E-state index contributed by atoms with van der Waals surface area (Å²) in [4.78, 5) is 12.1. The van der Waals surface area contributed by atoms with Crippen molar-refractivity contribution in [3.8, 4) is 11.6 Å². The Morgan fingerprint density at radius 1 is 1.25 bits per heavy atom. The first-order chi connectivity index (χ1) is 13.3. The number of para-hydroxylation sites is 1. The summed E-state index contributed by atoms with van der Waals surface area (Å²) >= 11 is 6.69. The highest BCUT2D eigenvalue weighted by atomic mass is 35.5. The van der Waals surface area contributed by atoms with Crippen LogP contribution in [0, 0.1) is 0 Å². The Morgan fingerprint density at radius 2 is 1.96 bits per heavy atom. The Morgan fingerprint density at radius 3 is 2.64 bits per heavy atom. The Balaban J connectivity index is 1.72. The van der Waals surface area contributed by atoms with E-state index in [1.807, 2.05) is 0 Å². The van der Waals surface area contributed by atoms with E-state index in [2.05, 4.69) is 15.1 Å². The van der Waals surface area contributed by atoms with Crippen molar-refractivity contribution in [2.24, 2.45) is 0 Å². The first kappa shape index (κ1) is 20.0. The summed E-state index contributed by atoms with van der Waals surface area (Å²) in [5, 5.41) is 17.8. The van der Waals surface area contributed by atoms with E-state index in [4.69, 9.17) is 11.6 Å². The second kappa shape index (κ2) is 8.11. The number of aromatic nitrogens is 2. The second-order valence-electron chi connectivity index (χ2n) is 5.44. The highest BCUT2D eigenvalue weighted by Crippen LogP contribution is 2.34. The monoisotopic (exact) mass is 429 g/mol. The van der Waals surface area contributed by atoms with Crippen LogP contribution >= 0.6 is 23.4 Å². The van der Waals surface area contributed by atoms with Gasteiger partial charge in [-0.05, 0) is 34.6 Å². The number of nitrogens with one attached hydrogen (secondary N) is 1. The molecule has 0 saturated heterocycles. The summed E-state index contributed by atoms with van der Waals surface area (Å²) in [7, 11) is 0. The Kier molecular flexibility index (Phi) is 5.80. The molecule has 0 radical (unpaired) electrons. The molecule has 0 aliphatic carbocycles. The maximum absolute atomic E-state index is 12.8. The zero-order valence-electron chi connectivity index (χ0n) is 13.9. The van der Waals surface area contributed by atoms with Gasteiger partial charge < -0.3 is 14.9 Å². The minimum atomic E-state index is -4.57. The van der Waals surface area contributed by atoms with Crippen LogP contribution in [0.1, 0.15) is 5.56 Å². The molecular formula is C17H11ClF3N3O3S. The number of amides is 1. The largest absolute Gasteiger partial charge is 0.538 e. The minimum Gasteiger partial charge on any atom is -0.538 e. The van der Waals surface area contributed by atoms with E-state index in [-0.39, 0.29) is 21.5 Å². The van der Waals surface area contributed by atoms with Gasteiger partial charge in [0.25, 0.3) is 5.03 Å². The fraction of sp³-hybridized carbons (Fsp3) is 0.118. The van der Waals surface area contributed by atoms with Gasteiger partial charge in [-0.2, -0.15) is 13.2 Å². The first-order valence-corrected chi connectivity index (χ1v) is 9.06. The van der Waals surface area contributed by atoms with E-state index < -0.39 is 23.6 Å². The molecule has 3 aromatic rings. The van der Waals surface area contributed by atoms with Gasteiger partial charge in [0.2, 0.25) is 11.6 Å². The fourth-order valence-corrected chi connectivity index (χ4v) is 3.13. The van der Waals surface area contributed by atoms with Crippen LogP contribution in [0.3, 0.4) is 0 Å².